The molecule has 2 N–H and O–H groups in total. The van der Waals surface area contributed by atoms with Gasteiger partial charge in [-0.05, 0) is 82.6 Å². The number of hydrogen-bond donors (Lipinski definition) is 2. The lowest BCUT2D eigenvalue weighted by Crippen LogP contribution is -2.33. The Bertz CT molecular complexity index is 1570. The lowest BCUT2D eigenvalue weighted by molar-refractivity contribution is 0.733. The Labute approximate surface area is 251 Å². The molecular formula is C32H24Cl2N4S2. The first-order chi connectivity index (χ1) is 19.6. The minimum Gasteiger partial charge on any atom is -0.297 e. The number of hydrogen-bond acceptors (Lipinski definition) is 6. The van der Waals surface area contributed by atoms with Crippen molar-refractivity contribution in [3.63, 3.8) is 0 Å². The van der Waals surface area contributed by atoms with Crippen LogP contribution in [-0.4, -0.2) is 0 Å². The number of rotatable bonds is 6. The van der Waals surface area contributed by atoms with Crippen molar-refractivity contribution in [3.05, 3.63) is 151 Å². The quantitative estimate of drug-likeness (QED) is 0.204. The topological polar surface area (TPSA) is 30.5 Å². The number of nitrogens with one attached hydrogen (secondary N) is 2. The zero-order valence-electron chi connectivity index (χ0n) is 21.2. The Kier molecular flexibility index (Phi) is 6.77. The third kappa shape index (κ3) is 4.88. The van der Waals surface area contributed by atoms with Gasteiger partial charge in [-0.15, -0.1) is 22.7 Å². The summed E-state index contributed by atoms with van der Waals surface area (Å²) in [7, 11) is 0. The zero-order valence-corrected chi connectivity index (χ0v) is 24.3. The van der Waals surface area contributed by atoms with Crippen LogP contribution in [0.2, 0.25) is 10.0 Å². The van der Waals surface area contributed by atoms with Gasteiger partial charge < -0.3 is 0 Å². The van der Waals surface area contributed by atoms with Crippen molar-refractivity contribution < 1.29 is 0 Å². The third-order valence-electron chi connectivity index (χ3n) is 7.04. The first kappa shape index (κ1) is 25.3. The summed E-state index contributed by atoms with van der Waals surface area (Å²) in [5.41, 5.74) is 13.7. The van der Waals surface area contributed by atoms with Crippen molar-refractivity contribution in [2.24, 2.45) is 0 Å². The summed E-state index contributed by atoms with van der Waals surface area (Å²) in [6.07, 6.45) is 4.56. The highest BCUT2D eigenvalue weighted by atomic mass is 35.5. The van der Waals surface area contributed by atoms with E-state index in [2.05, 4.69) is 104 Å². The minimum atomic E-state index is 0.0742. The van der Waals surface area contributed by atoms with Gasteiger partial charge in [0.25, 0.3) is 0 Å². The average molecular weight is 600 g/mol. The molecule has 0 bridgehead atoms. The summed E-state index contributed by atoms with van der Waals surface area (Å²) in [6.45, 7) is 0. The van der Waals surface area contributed by atoms with E-state index in [9.17, 15) is 0 Å². The van der Waals surface area contributed by atoms with Crippen molar-refractivity contribution in [1.82, 2.24) is 10.9 Å². The van der Waals surface area contributed by atoms with Crippen molar-refractivity contribution in [3.8, 4) is 0 Å². The Hall–Kier alpha value is -3.68. The van der Waals surface area contributed by atoms with E-state index in [1.54, 1.807) is 22.7 Å². The van der Waals surface area contributed by atoms with Crippen molar-refractivity contribution in [2.75, 3.05) is 10.0 Å². The predicted molar refractivity (Wildman–Crippen MR) is 171 cm³/mol. The lowest BCUT2D eigenvalue weighted by Gasteiger charge is -2.27. The molecule has 2 aliphatic rings. The molecule has 2 unspecified atom stereocenters. The molecule has 7 rings (SSSR count). The molecule has 0 amide bonds. The second-order valence-electron chi connectivity index (χ2n) is 9.58. The van der Waals surface area contributed by atoms with E-state index in [0.717, 1.165) is 33.9 Å². The minimum absolute atomic E-state index is 0.0742. The molecule has 198 valence electrons. The fraction of sp³-hybridized carbons (Fsp3) is 0.0625. The third-order valence-corrected chi connectivity index (χ3v) is 9.39. The number of anilines is 2. The number of hydrazine groups is 2. The van der Waals surface area contributed by atoms with Gasteiger partial charge in [-0.25, -0.2) is 0 Å². The number of halogens is 2. The average Bonchev–Trinajstić information content (AvgIpc) is 3.79. The molecule has 2 aromatic heterocycles. The first-order valence-corrected chi connectivity index (χ1v) is 15.4. The fourth-order valence-corrected chi connectivity index (χ4v) is 7.07. The van der Waals surface area contributed by atoms with E-state index in [1.165, 1.54) is 9.75 Å². The van der Waals surface area contributed by atoms with Gasteiger partial charge in [-0.2, -0.15) is 0 Å². The zero-order chi connectivity index (χ0) is 27.1. The van der Waals surface area contributed by atoms with Gasteiger partial charge in [-0.1, -0.05) is 71.7 Å². The molecule has 0 saturated heterocycles. The molecule has 8 heteroatoms. The van der Waals surface area contributed by atoms with Crippen LogP contribution >= 0.6 is 45.9 Å². The van der Waals surface area contributed by atoms with Crippen LogP contribution < -0.4 is 20.9 Å². The molecule has 5 aromatic rings. The highest BCUT2D eigenvalue weighted by molar-refractivity contribution is 7.10. The van der Waals surface area contributed by atoms with Crippen LogP contribution in [-0.2, 0) is 0 Å². The van der Waals surface area contributed by atoms with Gasteiger partial charge >= 0.3 is 0 Å². The van der Waals surface area contributed by atoms with Crippen LogP contribution in [0.4, 0.5) is 11.4 Å². The smallest absolute Gasteiger partial charge is 0.105 e. The van der Waals surface area contributed by atoms with Crippen molar-refractivity contribution in [2.45, 2.75) is 12.1 Å². The molecule has 0 fully saturated rings. The number of benzene rings is 3. The summed E-state index contributed by atoms with van der Waals surface area (Å²) >= 11 is 16.2. The standard InChI is InChI=1S/C32H24Cl2N4S2/c33-23-5-1-7-25(17-23)37-29(31-9-3-15-39-31)19-27(35-37)21-11-13-22(14-12-21)28-20-30(32-10-4-16-40-32)38(36-28)26-8-2-6-24(34)18-26/h1-20,29-30,35-36H. The SMILES string of the molecule is Clc1cccc(N2NC(c3ccc(C4=CC(c5cccs5)N(c5cccc(Cl)c5)N4)cc3)=CC2c2cccs2)c1. The Balaban J connectivity index is 1.17. The second-order valence-corrected chi connectivity index (χ2v) is 12.4. The van der Waals surface area contributed by atoms with Gasteiger partial charge in [0.15, 0.2) is 0 Å². The molecule has 0 saturated carbocycles. The maximum Gasteiger partial charge on any atom is 0.105 e. The van der Waals surface area contributed by atoms with E-state index in [4.69, 9.17) is 23.2 Å². The lowest BCUT2D eigenvalue weighted by atomic mass is 10.1. The Morgan fingerprint density at radius 1 is 0.550 bits per heavy atom. The van der Waals surface area contributed by atoms with Crippen LogP contribution in [0.5, 0.6) is 0 Å². The molecule has 0 radical (unpaired) electrons. The highest BCUT2D eigenvalue weighted by Gasteiger charge is 2.30. The summed E-state index contributed by atoms with van der Waals surface area (Å²) in [5.74, 6) is 0. The summed E-state index contributed by atoms with van der Waals surface area (Å²) < 4.78 is 0. The second kappa shape index (κ2) is 10.7. The maximum absolute atomic E-state index is 6.34. The van der Waals surface area contributed by atoms with E-state index in [0.29, 0.717) is 10.0 Å². The van der Waals surface area contributed by atoms with E-state index in [1.807, 2.05) is 36.4 Å². The molecule has 4 heterocycles. The van der Waals surface area contributed by atoms with Gasteiger partial charge in [0, 0.05) is 19.8 Å². The molecule has 0 aliphatic carbocycles. The van der Waals surface area contributed by atoms with Crippen LogP contribution in [0, 0.1) is 0 Å². The maximum atomic E-state index is 6.34. The van der Waals surface area contributed by atoms with E-state index in [-0.39, 0.29) is 12.1 Å². The van der Waals surface area contributed by atoms with Crippen LogP contribution in [0.25, 0.3) is 11.4 Å². The van der Waals surface area contributed by atoms with Crippen LogP contribution in [0.15, 0.2) is 120 Å². The molecule has 2 aliphatic heterocycles. The predicted octanol–water partition coefficient (Wildman–Crippen LogP) is 9.33. The molecule has 40 heavy (non-hydrogen) atoms. The molecular weight excluding hydrogens is 575 g/mol. The number of thiophene rings is 2. The van der Waals surface area contributed by atoms with Crippen LogP contribution in [0.1, 0.15) is 33.0 Å². The van der Waals surface area contributed by atoms with Gasteiger partial charge in [0.1, 0.15) is 12.1 Å². The van der Waals surface area contributed by atoms with E-state index >= 15 is 0 Å². The van der Waals surface area contributed by atoms with Crippen molar-refractivity contribution in [1.29, 1.82) is 0 Å². The molecule has 0 spiro atoms. The molecule has 3 aromatic carbocycles. The van der Waals surface area contributed by atoms with Gasteiger partial charge in [0.05, 0.1) is 22.8 Å². The monoisotopic (exact) mass is 598 g/mol. The fourth-order valence-electron chi connectivity index (χ4n) is 5.13. The van der Waals surface area contributed by atoms with Crippen LogP contribution in [0.3, 0.4) is 0 Å². The highest BCUT2D eigenvalue weighted by Crippen LogP contribution is 2.39. The largest absolute Gasteiger partial charge is 0.297 e. The Morgan fingerprint density at radius 2 is 1.00 bits per heavy atom. The van der Waals surface area contributed by atoms with Crippen molar-refractivity contribution >= 4 is 68.6 Å². The molecule has 4 nitrogen and oxygen atoms in total. The molecule has 2 atom stereocenters. The first-order valence-electron chi connectivity index (χ1n) is 12.9. The number of nitrogens with zero attached hydrogens (tertiary/aromatic N) is 2. The van der Waals surface area contributed by atoms with E-state index < -0.39 is 0 Å². The van der Waals surface area contributed by atoms with Gasteiger partial charge in [0.2, 0.25) is 0 Å². The normalized spacial score (nSPS) is 18.4. The summed E-state index contributed by atoms with van der Waals surface area (Å²) in [6, 6.07) is 33.3. The van der Waals surface area contributed by atoms with Gasteiger partial charge in [-0.3, -0.25) is 20.9 Å². The Morgan fingerprint density at radius 3 is 1.38 bits per heavy atom. The summed E-state index contributed by atoms with van der Waals surface area (Å²) in [4.78, 5) is 2.53. The summed E-state index contributed by atoms with van der Waals surface area (Å²) in [5, 5.41) is 10.0.